The summed E-state index contributed by atoms with van der Waals surface area (Å²) in [5.74, 6) is 1.14. The predicted molar refractivity (Wildman–Crippen MR) is 76.8 cm³/mol. The molecule has 3 heteroatoms. The molecule has 1 heterocycles. The Labute approximate surface area is 112 Å². The van der Waals surface area contributed by atoms with E-state index in [1.165, 1.54) is 42.4 Å². The molecule has 2 fully saturated rings. The van der Waals surface area contributed by atoms with Crippen molar-refractivity contribution in [1.82, 2.24) is 4.67 Å². The zero-order valence-corrected chi connectivity index (χ0v) is 12.4. The lowest BCUT2D eigenvalue weighted by atomic mass is 9.64. The molecule has 1 saturated heterocycles. The summed E-state index contributed by atoms with van der Waals surface area (Å²) >= 11 is 0. The smallest absolute Gasteiger partial charge is 0.130 e. The zero-order valence-electron chi connectivity index (χ0n) is 11.3. The van der Waals surface area contributed by atoms with Crippen molar-refractivity contribution >= 4 is 15.7 Å². The quantitative estimate of drug-likeness (QED) is 0.534. The van der Waals surface area contributed by atoms with Crippen molar-refractivity contribution in [2.24, 2.45) is 17.3 Å². The standard InChI is InChI=1S/C15H22NOP/c1-3-13-14-10(2)15(9-17)7-5-4-6-12(15)11(14)8-16(13)18/h3,9,11-12H,4-8,18H2,1-2H3/b13-3+/t11-,12-,15-/m1/s1. The Kier molecular flexibility index (Phi) is 2.90. The van der Waals surface area contributed by atoms with E-state index in [-0.39, 0.29) is 5.41 Å². The Bertz CT molecular complexity index is 453. The SMILES string of the molecule is C/C=C1\C2=C(C)[C@]3(C=O)CCCC[C@@H]3[C@H]2CN1P. The third-order valence-corrected chi connectivity index (χ3v) is 5.93. The number of hydrogen-bond acceptors (Lipinski definition) is 2. The van der Waals surface area contributed by atoms with Crippen LogP contribution in [0.3, 0.4) is 0 Å². The van der Waals surface area contributed by atoms with Crippen molar-refractivity contribution in [3.05, 3.63) is 22.9 Å². The molecule has 0 spiro atoms. The van der Waals surface area contributed by atoms with Gasteiger partial charge in [-0.1, -0.05) is 24.5 Å². The van der Waals surface area contributed by atoms with E-state index in [0.29, 0.717) is 11.8 Å². The fourth-order valence-electron chi connectivity index (χ4n) is 4.60. The molecule has 3 rings (SSSR count). The van der Waals surface area contributed by atoms with Gasteiger partial charge in [-0.05, 0) is 47.6 Å². The van der Waals surface area contributed by atoms with Crippen LogP contribution in [-0.4, -0.2) is 17.5 Å². The second-order valence-corrected chi connectivity index (χ2v) is 6.61. The molecule has 2 nitrogen and oxygen atoms in total. The minimum Gasteiger partial charge on any atom is -0.355 e. The molecule has 0 aromatic heterocycles. The molecule has 3 aliphatic rings. The summed E-state index contributed by atoms with van der Waals surface area (Å²) in [7, 11) is 2.83. The lowest BCUT2D eigenvalue weighted by Crippen LogP contribution is -2.37. The van der Waals surface area contributed by atoms with E-state index in [2.05, 4.69) is 34.0 Å². The predicted octanol–water partition coefficient (Wildman–Crippen LogP) is 3.32. The van der Waals surface area contributed by atoms with Crippen LogP contribution in [0.1, 0.15) is 39.5 Å². The maximum Gasteiger partial charge on any atom is 0.130 e. The van der Waals surface area contributed by atoms with E-state index in [1.807, 2.05) is 0 Å². The minimum absolute atomic E-state index is 0.127. The fourth-order valence-corrected chi connectivity index (χ4v) is 5.12. The van der Waals surface area contributed by atoms with E-state index in [9.17, 15) is 4.79 Å². The third-order valence-electron chi connectivity index (χ3n) is 5.44. The normalized spacial score (nSPS) is 41.3. The van der Waals surface area contributed by atoms with Crippen LogP contribution >= 0.6 is 9.39 Å². The van der Waals surface area contributed by atoms with Crippen LogP contribution in [0.5, 0.6) is 0 Å². The molecule has 0 radical (unpaired) electrons. The molecule has 18 heavy (non-hydrogen) atoms. The van der Waals surface area contributed by atoms with Crippen LogP contribution in [0.25, 0.3) is 0 Å². The number of allylic oxidation sites excluding steroid dienone is 3. The summed E-state index contributed by atoms with van der Waals surface area (Å²) in [5, 5.41) is 0. The summed E-state index contributed by atoms with van der Waals surface area (Å²) in [5.41, 5.74) is 4.05. The van der Waals surface area contributed by atoms with Gasteiger partial charge in [-0.3, -0.25) is 0 Å². The first kappa shape index (κ1) is 12.4. The largest absolute Gasteiger partial charge is 0.355 e. The van der Waals surface area contributed by atoms with E-state index < -0.39 is 0 Å². The Morgan fingerprint density at radius 2 is 2.22 bits per heavy atom. The van der Waals surface area contributed by atoms with Crippen molar-refractivity contribution in [2.45, 2.75) is 39.5 Å². The molecule has 0 N–H and O–H groups in total. The first-order chi connectivity index (χ1) is 8.65. The van der Waals surface area contributed by atoms with Crippen LogP contribution < -0.4 is 0 Å². The number of fused-ring (bicyclic) bond motifs is 3. The number of aldehydes is 1. The van der Waals surface area contributed by atoms with Gasteiger partial charge in [0.25, 0.3) is 0 Å². The fraction of sp³-hybridized carbons (Fsp3) is 0.667. The number of nitrogens with zero attached hydrogens (tertiary/aromatic N) is 1. The van der Waals surface area contributed by atoms with Gasteiger partial charge in [0.15, 0.2) is 0 Å². The van der Waals surface area contributed by atoms with Crippen molar-refractivity contribution in [3.8, 4) is 0 Å². The van der Waals surface area contributed by atoms with E-state index in [0.717, 1.165) is 13.0 Å². The van der Waals surface area contributed by atoms with Gasteiger partial charge in [0.1, 0.15) is 6.29 Å². The molecular weight excluding hydrogens is 241 g/mol. The van der Waals surface area contributed by atoms with Crippen molar-refractivity contribution in [2.75, 3.05) is 6.54 Å². The minimum atomic E-state index is -0.127. The number of carbonyl (C=O) groups excluding carboxylic acids is 1. The van der Waals surface area contributed by atoms with Gasteiger partial charge in [0, 0.05) is 18.2 Å². The molecule has 0 aromatic rings. The molecule has 4 atom stereocenters. The molecule has 0 aromatic carbocycles. The van der Waals surface area contributed by atoms with Gasteiger partial charge in [-0.25, -0.2) is 0 Å². The van der Waals surface area contributed by atoms with Crippen molar-refractivity contribution in [3.63, 3.8) is 0 Å². The molecule has 1 aliphatic heterocycles. The first-order valence-electron chi connectivity index (χ1n) is 7.02. The topological polar surface area (TPSA) is 20.3 Å². The first-order valence-corrected chi connectivity index (χ1v) is 7.54. The van der Waals surface area contributed by atoms with Gasteiger partial charge >= 0.3 is 0 Å². The highest BCUT2D eigenvalue weighted by Crippen LogP contribution is 2.61. The highest BCUT2D eigenvalue weighted by Gasteiger charge is 2.55. The van der Waals surface area contributed by atoms with Gasteiger partial charge in [0.05, 0.1) is 5.41 Å². The van der Waals surface area contributed by atoms with Gasteiger partial charge < -0.3 is 9.46 Å². The van der Waals surface area contributed by atoms with Crippen molar-refractivity contribution < 1.29 is 4.79 Å². The second kappa shape index (κ2) is 4.20. The Morgan fingerprint density at radius 3 is 2.89 bits per heavy atom. The summed E-state index contributed by atoms with van der Waals surface area (Å²) in [6.45, 7) is 5.37. The average Bonchev–Trinajstić information content (AvgIpc) is 2.84. The highest BCUT2D eigenvalue weighted by atomic mass is 31.0. The summed E-state index contributed by atoms with van der Waals surface area (Å²) < 4.78 is 2.28. The molecule has 1 unspecified atom stereocenters. The second-order valence-electron chi connectivity index (χ2n) is 5.98. The van der Waals surface area contributed by atoms with Crippen LogP contribution in [0.2, 0.25) is 0 Å². The molecule has 2 aliphatic carbocycles. The van der Waals surface area contributed by atoms with E-state index >= 15 is 0 Å². The van der Waals surface area contributed by atoms with Crippen LogP contribution in [0.15, 0.2) is 22.9 Å². The summed E-state index contributed by atoms with van der Waals surface area (Å²) in [6.07, 6.45) is 8.27. The van der Waals surface area contributed by atoms with E-state index in [1.54, 1.807) is 0 Å². The summed E-state index contributed by atoms with van der Waals surface area (Å²) in [6, 6.07) is 0. The van der Waals surface area contributed by atoms with Crippen LogP contribution in [-0.2, 0) is 4.79 Å². The van der Waals surface area contributed by atoms with Gasteiger partial charge in [0.2, 0.25) is 0 Å². The number of carbonyl (C=O) groups is 1. The van der Waals surface area contributed by atoms with Crippen LogP contribution in [0.4, 0.5) is 0 Å². The third kappa shape index (κ3) is 1.36. The monoisotopic (exact) mass is 263 g/mol. The molecule has 0 amide bonds. The number of hydrogen-bond donors (Lipinski definition) is 0. The van der Waals surface area contributed by atoms with Crippen LogP contribution in [0, 0.1) is 17.3 Å². The molecule has 0 bridgehead atoms. The Morgan fingerprint density at radius 1 is 1.44 bits per heavy atom. The molecular formula is C15H22NOP. The Balaban J connectivity index is 2.14. The zero-order chi connectivity index (χ0) is 12.9. The highest BCUT2D eigenvalue weighted by molar-refractivity contribution is 7.13. The lowest BCUT2D eigenvalue weighted by Gasteiger charge is -2.39. The maximum absolute atomic E-state index is 11.8. The maximum atomic E-state index is 11.8. The average molecular weight is 263 g/mol. The van der Waals surface area contributed by atoms with E-state index in [4.69, 9.17) is 0 Å². The van der Waals surface area contributed by atoms with Crippen molar-refractivity contribution in [1.29, 1.82) is 0 Å². The molecule has 98 valence electrons. The number of rotatable bonds is 1. The Hall–Kier alpha value is -0.620. The van der Waals surface area contributed by atoms with Gasteiger partial charge in [-0.2, -0.15) is 0 Å². The summed E-state index contributed by atoms with van der Waals surface area (Å²) in [4.78, 5) is 11.8. The van der Waals surface area contributed by atoms with Gasteiger partial charge in [-0.15, -0.1) is 0 Å². The molecule has 1 saturated carbocycles. The lowest BCUT2D eigenvalue weighted by molar-refractivity contribution is -0.118.